The van der Waals surface area contributed by atoms with Crippen LogP contribution in [0.3, 0.4) is 0 Å². The molecule has 0 spiro atoms. The molecule has 6 nitrogen and oxygen atoms in total. The SMILES string of the molecule is O=C(Nc1ccc(Cl)cc1)c1ccc(CN2CCN(Cc3ccccc3)C(=O)C2=O)cc1. The van der Waals surface area contributed by atoms with E-state index in [9.17, 15) is 14.4 Å². The van der Waals surface area contributed by atoms with Crippen LogP contribution in [0, 0.1) is 0 Å². The number of carbonyl (C=O) groups is 3. The number of hydrogen-bond acceptors (Lipinski definition) is 3. The van der Waals surface area contributed by atoms with Crippen LogP contribution in [-0.2, 0) is 22.7 Å². The van der Waals surface area contributed by atoms with Gasteiger partial charge >= 0.3 is 11.8 Å². The largest absolute Gasteiger partial charge is 0.328 e. The highest BCUT2D eigenvalue weighted by atomic mass is 35.5. The van der Waals surface area contributed by atoms with Gasteiger partial charge in [-0.1, -0.05) is 54.1 Å². The third-order valence-electron chi connectivity index (χ3n) is 5.31. The Bertz CT molecular complexity index is 1120. The number of nitrogens with one attached hydrogen (secondary N) is 1. The van der Waals surface area contributed by atoms with E-state index >= 15 is 0 Å². The van der Waals surface area contributed by atoms with E-state index in [0.717, 1.165) is 11.1 Å². The molecular weight excluding hydrogens is 426 g/mol. The molecule has 1 N–H and O–H groups in total. The topological polar surface area (TPSA) is 69.7 Å². The Hall–Kier alpha value is -3.64. The van der Waals surface area contributed by atoms with Crippen molar-refractivity contribution in [3.8, 4) is 0 Å². The average molecular weight is 448 g/mol. The summed E-state index contributed by atoms with van der Waals surface area (Å²) in [6, 6.07) is 23.5. The second-order valence-corrected chi connectivity index (χ2v) is 8.03. The van der Waals surface area contributed by atoms with Crippen molar-refractivity contribution in [3.63, 3.8) is 0 Å². The van der Waals surface area contributed by atoms with Gasteiger partial charge in [-0.15, -0.1) is 0 Å². The Morgan fingerprint density at radius 3 is 1.84 bits per heavy atom. The van der Waals surface area contributed by atoms with Crippen LogP contribution in [0.1, 0.15) is 21.5 Å². The standard InChI is InChI=1S/C25H22ClN3O3/c26-21-10-12-22(13-11-21)27-23(30)20-8-6-19(7-9-20)17-29-15-14-28(24(31)25(29)32)16-18-4-2-1-3-5-18/h1-13H,14-17H2,(H,27,30). The van der Waals surface area contributed by atoms with Crippen LogP contribution in [-0.4, -0.2) is 40.6 Å². The molecule has 3 aromatic rings. The van der Waals surface area contributed by atoms with Crippen LogP contribution in [0.2, 0.25) is 5.02 Å². The molecule has 4 rings (SSSR count). The van der Waals surface area contributed by atoms with Crippen molar-refractivity contribution in [2.24, 2.45) is 0 Å². The van der Waals surface area contributed by atoms with Crippen molar-refractivity contribution in [2.75, 3.05) is 18.4 Å². The number of hydrogen-bond donors (Lipinski definition) is 1. The van der Waals surface area contributed by atoms with Gasteiger partial charge in [-0.05, 0) is 47.5 Å². The molecule has 0 aliphatic carbocycles. The molecule has 1 aliphatic rings. The monoisotopic (exact) mass is 447 g/mol. The molecule has 3 aromatic carbocycles. The molecule has 3 amide bonds. The Kier molecular flexibility index (Phi) is 6.52. The first-order valence-electron chi connectivity index (χ1n) is 10.3. The van der Waals surface area contributed by atoms with Gasteiger partial charge in [0.25, 0.3) is 5.91 Å². The average Bonchev–Trinajstić information content (AvgIpc) is 2.81. The minimum absolute atomic E-state index is 0.236. The number of benzene rings is 3. The highest BCUT2D eigenvalue weighted by Crippen LogP contribution is 2.17. The lowest BCUT2D eigenvalue weighted by Crippen LogP contribution is -2.53. The van der Waals surface area contributed by atoms with Crippen LogP contribution in [0.5, 0.6) is 0 Å². The molecule has 1 aliphatic heterocycles. The third kappa shape index (κ3) is 5.15. The maximum absolute atomic E-state index is 12.6. The number of halogens is 1. The molecule has 7 heteroatoms. The summed E-state index contributed by atoms with van der Waals surface area (Å²) in [6.07, 6.45) is 0. The number of amides is 3. The molecule has 0 radical (unpaired) electrons. The first-order valence-corrected chi connectivity index (χ1v) is 10.7. The van der Waals surface area contributed by atoms with Crippen LogP contribution in [0.25, 0.3) is 0 Å². The van der Waals surface area contributed by atoms with Gasteiger partial charge in [-0.3, -0.25) is 14.4 Å². The second kappa shape index (κ2) is 9.66. The number of carbonyl (C=O) groups excluding carboxylic acids is 3. The van der Waals surface area contributed by atoms with E-state index in [-0.39, 0.29) is 5.91 Å². The van der Waals surface area contributed by atoms with E-state index in [1.807, 2.05) is 30.3 Å². The lowest BCUT2D eigenvalue weighted by Gasteiger charge is -2.33. The quantitative estimate of drug-likeness (QED) is 0.581. The zero-order valence-electron chi connectivity index (χ0n) is 17.3. The fourth-order valence-electron chi connectivity index (χ4n) is 3.54. The molecular formula is C25H22ClN3O3. The second-order valence-electron chi connectivity index (χ2n) is 7.60. The summed E-state index contributed by atoms with van der Waals surface area (Å²) in [5, 5.41) is 3.41. The van der Waals surface area contributed by atoms with Crippen molar-refractivity contribution in [1.82, 2.24) is 9.80 Å². The Morgan fingerprint density at radius 1 is 0.750 bits per heavy atom. The Labute approximate surface area is 191 Å². The normalized spacial score (nSPS) is 13.9. The third-order valence-corrected chi connectivity index (χ3v) is 5.56. The zero-order valence-corrected chi connectivity index (χ0v) is 18.1. The molecule has 0 bridgehead atoms. The predicted molar refractivity (Wildman–Crippen MR) is 123 cm³/mol. The lowest BCUT2D eigenvalue weighted by atomic mass is 10.1. The summed E-state index contributed by atoms with van der Waals surface area (Å²) in [5.41, 5.74) is 3.00. The summed E-state index contributed by atoms with van der Waals surface area (Å²) in [7, 11) is 0. The molecule has 0 unspecified atom stereocenters. The molecule has 1 fully saturated rings. The van der Waals surface area contributed by atoms with Crippen LogP contribution < -0.4 is 5.32 Å². The van der Waals surface area contributed by atoms with Crippen LogP contribution >= 0.6 is 11.6 Å². The van der Waals surface area contributed by atoms with Gasteiger partial charge in [0.05, 0.1) is 0 Å². The molecule has 162 valence electrons. The van der Waals surface area contributed by atoms with Crippen molar-refractivity contribution in [2.45, 2.75) is 13.1 Å². The first kappa shape index (κ1) is 21.6. The molecule has 0 atom stereocenters. The van der Waals surface area contributed by atoms with Crippen molar-refractivity contribution in [3.05, 3.63) is 101 Å². The molecule has 32 heavy (non-hydrogen) atoms. The fraction of sp³-hybridized carbons (Fsp3) is 0.160. The molecule has 0 saturated carbocycles. The van der Waals surface area contributed by atoms with Crippen LogP contribution in [0.4, 0.5) is 5.69 Å². The molecule has 1 saturated heterocycles. The highest BCUT2D eigenvalue weighted by Gasteiger charge is 2.32. The minimum Gasteiger partial charge on any atom is -0.328 e. The number of anilines is 1. The van der Waals surface area contributed by atoms with Gasteiger partial charge < -0.3 is 15.1 Å². The highest BCUT2D eigenvalue weighted by molar-refractivity contribution is 6.35. The Morgan fingerprint density at radius 2 is 1.28 bits per heavy atom. The lowest BCUT2D eigenvalue weighted by molar-refractivity contribution is -0.156. The smallest absolute Gasteiger partial charge is 0.312 e. The first-order chi connectivity index (χ1) is 15.5. The van der Waals surface area contributed by atoms with Crippen molar-refractivity contribution < 1.29 is 14.4 Å². The van der Waals surface area contributed by atoms with E-state index in [1.54, 1.807) is 58.3 Å². The summed E-state index contributed by atoms with van der Waals surface area (Å²) >= 11 is 5.86. The molecule has 1 heterocycles. The van der Waals surface area contributed by atoms with E-state index in [2.05, 4.69) is 5.32 Å². The molecule has 0 aromatic heterocycles. The summed E-state index contributed by atoms with van der Waals surface area (Å²) < 4.78 is 0. The summed E-state index contributed by atoms with van der Waals surface area (Å²) in [6.45, 7) is 1.71. The van der Waals surface area contributed by atoms with Gasteiger partial charge in [0, 0.05) is 42.5 Å². The summed E-state index contributed by atoms with van der Waals surface area (Å²) in [5.74, 6) is -1.23. The van der Waals surface area contributed by atoms with Gasteiger partial charge in [0.1, 0.15) is 0 Å². The fourth-order valence-corrected chi connectivity index (χ4v) is 3.66. The zero-order chi connectivity index (χ0) is 22.5. The van der Waals surface area contributed by atoms with Gasteiger partial charge in [-0.2, -0.15) is 0 Å². The van der Waals surface area contributed by atoms with E-state index in [4.69, 9.17) is 11.6 Å². The summed E-state index contributed by atoms with van der Waals surface area (Å²) in [4.78, 5) is 40.7. The van der Waals surface area contributed by atoms with Gasteiger partial charge in [0.15, 0.2) is 0 Å². The van der Waals surface area contributed by atoms with Crippen molar-refractivity contribution >= 4 is 35.0 Å². The predicted octanol–water partition coefficient (Wildman–Crippen LogP) is 3.96. The van der Waals surface area contributed by atoms with E-state index < -0.39 is 11.8 Å². The van der Waals surface area contributed by atoms with E-state index in [1.165, 1.54) is 0 Å². The minimum atomic E-state index is -0.503. The van der Waals surface area contributed by atoms with Gasteiger partial charge in [-0.25, -0.2) is 0 Å². The van der Waals surface area contributed by atoms with Crippen molar-refractivity contribution in [1.29, 1.82) is 0 Å². The van der Waals surface area contributed by atoms with Gasteiger partial charge in [0.2, 0.25) is 0 Å². The number of nitrogens with zero attached hydrogens (tertiary/aromatic N) is 2. The number of piperazine rings is 1. The Balaban J connectivity index is 1.34. The maximum atomic E-state index is 12.6. The number of rotatable bonds is 6. The maximum Gasteiger partial charge on any atom is 0.312 e. The van der Waals surface area contributed by atoms with E-state index in [0.29, 0.717) is 42.5 Å². The van der Waals surface area contributed by atoms with Crippen LogP contribution in [0.15, 0.2) is 78.9 Å².